The molecule has 0 aromatic heterocycles. The lowest BCUT2D eigenvalue weighted by Crippen LogP contribution is -1.99. The van der Waals surface area contributed by atoms with Crippen LogP contribution in [0.25, 0.3) is 11.1 Å². The summed E-state index contributed by atoms with van der Waals surface area (Å²) in [5, 5.41) is 0. The first kappa shape index (κ1) is 15.6. The number of cyclic esters (lactones) is 1. The van der Waals surface area contributed by atoms with Gasteiger partial charge in [0.1, 0.15) is 6.61 Å². The molecule has 0 radical (unpaired) electrons. The van der Waals surface area contributed by atoms with Gasteiger partial charge in [0.2, 0.25) is 0 Å². The van der Waals surface area contributed by atoms with Gasteiger partial charge in [-0.2, -0.15) is 0 Å². The molecule has 3 rings (SSSR count). The minimum atomic E-state index is -2.12. The summed E-state index contributed by atoms with van der Waals surface area (Å²) in [4.78, 5) is 12.1. The summed E-state index contributed by atoms with van der Waals surface area (Å²) in [6.07, 6.45) is 0. The lowest BCUT2D eigenvalue weighted by atomic mass is 9.94. The third-order valence-electron chi connectivity index (χ3n) is 3.88. The smallest absolute Gasteiger partial charge is 0.339 e. The minimum Gasteiger partial charge on any atom is -0.772 e. The Hall–Kier alpha value is -2.24. The molecule has 0 saturated heterocycles. The van der Waals surface area contributed by atoms with E-state index in [-0.39, 0.29) is 18.3 Å². The fourth-order valence-corrected chi connectivity index (χ4v) is 3.28. The highest BCUT2D eigenvalue weighted by atomic mass is 32.2. The van der Waals surface area contributed by atoms with Crippen molar-refractivity contribution in [3.05, 3.63) is 70.8 Å². The van der Waals surface area contributed by atoms with Crippen LogP contribution in [0.1, 0.15) is 22.3 Å². The van der Waals surface area contributed by atoms with Crippen molar-refractivity contribution in [1.29, 1.82) is 0 Å². The maximum atomic E-state index is 12.1. The molecule has 4 nitrogen and oxygen atoms in total. The predicted octanol–water partition coefficient (Wildman–Crippen LogP) is 2.84. The van der Waals surface area contributed by atoms with Gasteiger partial charge >= 0.3 is 5.97 Å². The number of esters is 1. The molecule has 1 atom stereocenters. The summed E-state index contributed by atoms with van der Waals surface area (Å²) in [7, 11) is 0. The van der Waals surface area contributed by atoms with Crippen molar-refractivity contribution in [3.63, 3.8) is 0 Å². The monoisotopic (exact) mass is 327 g/mol. The van der Waals surface area contributed by atoms with Crippen molar-refractivity contribution >= 4 is 28.2 Å². The molecule has 118 valence electrons. The van der Waals surface area contributed by atoms with Crippen LogP contribution in [0.2, 0.25) is 0 Å². The first-order valence-electron chi connectivity index (χ1n) is 7.17. The molecule has 2 aromatic carbocycles. The van der Waals surface area contributed by atoms with Crippen LogP contribution in [0.15, 0.2) is 48.5 Å². The van der Waals surface area contributed by atoms with E-state index >= 15 is 0 Å². The van der Waals surface area contributed by atoms with Crippen LogP contribution in [0.3, 0.4) is 0 Å². The van der Waals surface area contributed by atoms with Gasteiger partial charge in [-0.05, 0) is 29.2 Å². The van der Waals surface area contributed by atoms with E-state index < -0.39 is 11.1 Å². The molecule has 23 heavy (non-hydrogen) atoms. The molecular weight excluding hydrogens is 312 g/mol. The molecule has 1 heterocycles. The highest BCUT2D eigenvalue weighted by Crippen LogP contribution is 2.33. The van der Waals surface area contributed by atoms with E-state index in [1.165, 1.54) is 0 Å². The fraction of sp³-hybridized carbons (Fsp3) is 0.167. The third kappa shape index (κ3) is 3.25. The van der Waals surface area contributed by atoms with Crippen molar-refractivity contribution in [1.82, 2.24) is 0 Å². The van der Waals surface area contributed by atoms with Crippen molar-refractivity contribution < 1.29 is 18.3 Å². The van der Waals surface area contributed by atoms with Crippen molar-refractivity contribution in [2.24, 2.45) is 0 Å². The van der Waals surface area contributed by atoms with Gasteiger partial charge in [-0.15, -0.1) is 0 Å². The fourth-order valence-electron chi connectivity index (χ4n) is 2.70. The summed E-state index contributed by atoms with van der Waals surface area (Å²) < 4.78 is 26.9. The molecule has 0 amide bonds. The van der Waals surface area contributed by atoms with Gasteiger partial charge < -0.3 is 9.29 Å². The van der Waals surface area contributed by atoms with E-state index in [9.17, 15) is 13.6 Å². The highest BCUT2D eigenvalue weighted by Gasteiger charge is 2.27. The average Bonchev–Trinajstić information content (AvgIpc) is 2.91. The molecule has 0 fully saturated rings. The third-order valence-corrected chi connectivity index (χ3v) is 4.43. The molecule has 0 aliphatic carbocycles. The predicted molar refractivity (Wildman–Crippen MR) is 88.0 cm³/mol. The van der Waals surface area contributed by atoms with Crippen LogP contribution in [0.4, 0.5) is 0 Å². The Morgan fingerprint density at radius 2 is 1.87 bits per heavy atom. The van der Waals surface area contributed by atoms with Gasteiger partial charge in [-0.25, -0.2) is 4.79 Å². The first-order chi connectivity index (χ1) is 11.1. The number of aryl methyl sites for hydroxylation is 1. The summed E-state index contributed by atoms with van der Waals surface area (Å²) in [6, 6.07) is 14.9. The van der Waals surface area contributed by atoms with E-state index in [2.05, 4.69) is 0 Å². The number of benzene rings is 2. The Morgan fingerprint density at radius 1 is 1.13 bits per heavy atom. The van der Waals surface area contributed by atoms with Crippen molar-refractivity contribution in [3.8, 4) is 0 Å². The van der Waals surface area contributed by atoms with Crippen LogP contribution >= 0.6 is 0 Å². The molecule has 1 aliphatic heterocycles. The number of ether oxygens (including phenoxy) is 1. The van der Waals surface area contributed by atoms with E-state index in [1.807, 2.05) is 49.4 Å². The van der Waals surface area contributed by atoms with Gasteiger partial charge in [-0.3, -0.25) is 4.21 Å². The van der Waals surface area contributed by atoms with Crippen molar-refractivity contribution in [2.45, 2.75) is 12.7 Å². The summed E-state index contributed by atoms with van der Waals surface area (Å²) in [5.41, 5.74) is 4.75. The number of hydrogen-bond donors (Lipinski definition) is 0. The van der Waals surface area contributed by atoms with Crippen LogP contribution in [-0.2, 0) is 26.4 Å². The molecule has 0 saturated carbocycles. The van der Waals surface area contributed by atoms with Crippen LogP contribution in [0, 0.1) is 6.92 Å². The normalized spacial score (nSPS) is 15.7. The van der Waals surface area contributed by atoms with E-state index in [0.717, 1.165) is 27.8 Å². The van der Waals surface area contributed by atoms with Crippen molar-refractivity contribution in [2.75, 3.05) is 6.61 Å². The van der Waals surface area contributed by atoms with Crippen LogP contribution in [-0.4, -0.2) is 21.3 Å². The highest BCUT2D eigenvalue weighted by molar-refractivity contribution is 7.78. The van der Waals surface area contributed by atoms with Gasteiger partial charge in [0.25, 0.3) is 0 Å². The van der Waals surface area contributed by atoms with E-state index in [1.54, 1.807) is 6.07 Å². The topological polar surface area (TPSA) is 66.4 Å². The first-order valence-corrected chi connectivity index (χ1v) is 8.42. The molecule has 1 unspecified atom stereocenters. The van der Waals surface area contributed by atoms with Gasteiger partial charge in [0.15, 0.2) is 0 Å². The zero-order chi connectivity index (χ0) is 16.4. The Bertz CT molecular complexity index is 809. The SMILES string of the molecule is Cc1cc(C2=C(c3ccccc3)C(=O)OC2)ccc1CS(=O)[O-]. The zero-order valence-corrected chi connectivity index (χ0v) is 13.4. The zero-order valence-electron chi connectivity index (χ0n) is 12.6. The maximum absolute atomic E-state index is 12.1. The second-order valence-corrected chi connectivity index (χ2v) is 6.28. The Morgan fingerprint density at radius 3 is 2.52 bits per heavy atom. The largest absolute Gasteiger partial charge is 0.772 e. The number of rotatable bonds is 4. The minimum absolute atomic E-state index is 0.00780. The molecule has 0 N–H and O–H groups in total. The molecule has 5 heteroatoms. The maximum Gasteiger partial charge on any atom is 0.339 e. The van der Waals surface area contributed by atoms with Crippen LogP contribution in [0.5, 0.6) is 0 Å². The van der Waals surface area contributed by atoms with Crippen LogP contribution < -0.4 is 0 Å². The summed E-state index contributed by atoms with van der Waals surface area (Å²) in [5.74, 6) is -0.333. The van der Waals surface area contributed by atoms with E-state index in [0.29, 0.717) is 5.57 Å². The molecule has 2 aromatic rings. The number of carbonyl (C=O) groups excluding carboxylic acids is 1. The standard InChI is InChI=1S/C18H16O4S/c1-12-9-14(7-8-15(12)11-23(20)21)16-10-22-18(19)17(16)13-5-3-2-4-6-13/h2-9H,10-11H2,1H3,(H,20,21)/p-1. The van der Waals surface area contributed by atoms with Gasteiger partial charge in [0, 0.05) is 11.3 Å². The Balaban J connectivity index is 2.06. The van der Waals surface area contributed by atoms with E-state index in [4.69, 9.17) is 4.74 Å². The number of hydrogen-bond acceptors (Lipinski definition) is 4. The average molecular weight is 327 g/mol. The second-order valence-electron chi connectivity index (χ2n) is 5.39. The van der Waals surface area contributed by atoms with Gasteiger partial charge in [-0.1, -0.05) is 59.6 Å². The van der Waals surface area contributed by atoms with Gasteiger partial charge in [0.05, 0.1) is 5.57 Å². The summed E-state index contributed by atoms with van der Waals surface area (Å²) in [6.45, 7) is 2.10. The number of carbonyl (C=O) groups is 1. The Labute approximate surface area is 137 Å². The lowest BCUT2D eigenvalue weighted by molar-refractivity contribution is -0.133. The molecule has 1 aliphatic rings. The molecule has 0 spiro atoms. The molecule has 0 bridgehead atoms. The lowest BCUT2D eigenvalue weighted by Gasteiger charge is -2.11. The second kappa shape index (κ2) is 6.48. The Kier molecular flexibility index (Phi) is 4.41. The quantitative estimate of drug-likeness (QED) is 0.640. The summed E-state index contributed by atoms with van der Waals surface area (Å²) >= 11 is -2.12. The molecular formula is C18H15O4S-.